The normalized spacial score (nSPS) is 8.92. The van der Waals surface area contributed by atoms with Gasteiger partial charge in [-0.25, -0.2) is 0 Å². The van der Waals surface area contributed by atoms with Crippen molar-refractivity contribution < 1.29 is 9.59 Å². The van der Waals surface area contributed by atoms with Crippen molar-refractivity contribution in [3.8, 4) is 6.07 Å². The minimum atomic E-state index is 0.259. The minimum absolute atomic E-state index is 0.259. The molecule has 1 rings (SSSR count). The average Bonchev–Trinajstić information content (AvgIpc) is 2.17. The molecule has 1 aromatic carbocycles. The van der Waals surface area contributed by atoms with Gasteiger partial charge in [0.2, 0.25) is 0 Å². The van der Waals surface area contributed by atoms with Crippen LogP contribution in [0, 0.1) is 18.3 Å². The van der Waals surface area contributed by atoms with Crippen LogP contribution in [0.25, 0.3) is 0 Å². The van der Waals surface area contributed by atoms with Gasteiger partial charge < -0.3 is 0 Å². The van der Waals surface area contributed by atoms with E-state index in [1.54, 1.807) is 6.92 Å². The van der Waals surface area contributed by atoms with E-state index in [2.05, 4.69) is 0 Å². The lowest BCUT2D eigenvalue weighted by molar-refractivity contribution is 0.112. The Balaban J connectivity index is 3.45. The highest BCUT2D eigenvalue weighted by atomic mass is 16.1. The van der Waals surface area contributed by atoms with Gasteiger partial charge in [-0.1, -0.05) is 0 Å². The number of nitrogens with zero attached hydrogens (tertiary/aromatic N) is 1. The zero-order valence-electron chi connectivity index (χ0n) is 7.07. The van der Waals surface area contributed by atoms with Gasteiger partial charge in [0.05, 0.1) is 11.6 Å². The lowest BCUT2D eigenvalue weighted by Crippen LogP contribution is -1.94. The molecule has 0 aliphatic rings. The highest BCUT2D eigenvalue weighted by Crippen LogP contribution is 2.12. The zero-order valence-corrected chi connectivity index (χ0v) is 7.07. The Kier molecular flexibility index (Phi) is 2.56. The second-order valence-electron chi connectivity index (χ2n) is 2.64. The van der Waals surface area contributed by atoms with Gasteiger partial charge in [-0.05, 0) is 24.6 Å². The van der Waals surface area contributed by atoms with Gasteiger partial charge in [-0.15, -0.1) is 0 Å². The average molecular weight is 173 g/mol. The second kappa shape index (κ2) is 3.63. The van der Waals surface area contributed by atoms with Gasteiger partial charge in [0, 0.05) is 11.1 Å². The van der Waals surface area contributed by atoms with Crippen molar-refractivity contribution in [3.05, 3.63) is 34.4 Å². The summed E-state index contributed by atoms with van der Waals surface area (Å²) in [5.74, 6) is 0. The van der Waals surface area contributed by atoms with Crippen molar-refractivity contribution in [2.75, 3.05) is 0 Å². The summed E-state index contributed by atoms with van der Waals surface area (Å²) in [6, 6.07) is 4.85. The molecule has 0 saturated carbocycles. The molecule has 0 spiro atoms. The molecule has 0 unspecified atom stereocenters. The molecule has 0 aliphatic heterocycles. The van der Waals surface area contributed by atoms with E-state index >= 15 is 0 Å². The molecule has 0 saturated heterocycles. The number of nitriles is 1. The number of hydrogen-bond donors (Lipinski definition) is 0. The second-order valence-corrected chi connectivity index (χ2v) is 2.64. The standard InChI is InChI=1S/C10H7NO2/c1-7-2-8(4-11)10(6-13)3-9(7)5-12/h2-3,5-6H,1H3. The van der Waals surface area contributed by atoms with E-state index in [-0.39, 0.29) is 5.56 Å². The largest absolute Gasteiger partial charge is 0.298 e. The Morgan fingerprint density at radius 1 is 1.23 bits per heavy atom. The Labute approximate surface area is 75.6 Å². The number of rotatable bonds is 2. The van der Waals surface area contributed by atoms with Crippen LogP contribution in [0.3, 0.4) is 0 Å². The summed E-state index contributed by atoms with van der Waals surface area (Å²) in [6.07, 6.45) is 1.24. The van der Waals surface area contributed by atoms with Crippen molar-refractivity contribution in [1.29, 1.82) is 5.26 Å². The first kappa shape index (κ1) is 9.14. The van der Waals surface area contributed by atoms with Crippen molar-refractivity contribution in [2.45, 2.75) is 6.92 Å². The molecular formula is C10H7NO2. The summed E-state index contributed by atoms with van der Waals surface area (Å²) in [6.45, 7) is 1.72. The maximum atomic E-state index is 10.5. The first-order valence-electron chi connectivity index (χ1n) is 3.68. The van der Waals surface area contributed by atoms with E-state index in [9.17, 15) is 9.59 Å². The number of aldehydes is 2. The van der Waals surface area contributed by atoms with E-state index in [4.69, 9.17) is 5.26 Å². The van der Waals surface area contributed by atoms with Crippen LogP contribution in [0.4, 0.5) is 0 Å². The van der Waals surface area contributed by atoms with Gasteiger partial charge in [0.15, 0.2) is 6.29 Å². The van der Waals surface area contributed by atoms with E-state index in [0.717, 1.165) is 0 Å². The molecule has 0 aliphatic carbocycles. The molecule has 0 aromatic heterocycles. The minimum Gasteiger partial charge on any atom is -0.298 e. The summed E-state index contributed by atoms with van der Waals surface area (Å²) in [5.41, 5.74) is 1.71. The molecule has 3 heteroatoms. The van der Waals surface area contributed by atoms with Crippen molar-refractivity contribution >= 4 is 12.6 Å². The van der Waals surface area contributed by atoms with Crippen LogP contribution in [-0.4, -0.2) is 12.6 Å². The lowest BCUT2D eigenvalue weighted by atomic mass is 10.0. The molecule has 0 fully saturated rings. The third kappa shape index (κ3) is 1.62. The predicted molar refractivity (Wildman–Crippen MR) is 46.7 cm³/mol. The summed E-state index contributed by atoms with van der Waals surface area (Å²) in [4.78, 5) is 21.0. The fourth-order valence-electron chi connectivity index (χ4n) is 1.06. The summed E-state index contributed by atoms with van der Waals surface area (Å²) < 4.78 is 0. The topological polar surface area (TPSA) is 57.9 Å². The predicted octanol–water partition coefficient (Wildman–Crippen LogP) is 1.49. The Morgan fingerprint density at radius 2 is 1.85 bits per heavy atom. The van der Waals surface area contributed by atoms with Crippen LogP contribution in [0.1, 0.15) is 31.8 Å². The molecule has 13 heavy (non-hydrogen) atoms. The zero-order chi connectivity index (χ0) is 9.84. The Bertz CT molecular complexity index is 402. The third-order valence-electron chi connectivity index (χ3n) is 1.81. The van der Waals surface area contributed by atoms with Crippen molar-refractivity contribution in [3.63, 3.8) is 0 Å². The summed E-state index contributed by atoms with van der Waals surface area (Å²) in [5, 5.41) is 8.64. The molecule has 0 heterocycles. The third-order valence-corrected chi connectivity index (χ3v) is 1.81. The smallest absolute Gasteiger partial charge is 0.151 e. The quantitative estimate of drug-likeness (QED) is 0.636. The maximum absolute atomic E-state index is 10.5. The van der Waals surface area contributed by atoms with E-state index in [0.29, 0.717) is 29.3 Å². The summed E-state index contributed by atoms with van der Waals surface area (Å²) in [7, 11) is 0. The van der Waals surface area contributed by atoms with Gasteiger partial charge in [-0.3, -0.25) is 9.59 Å². The first-order valence-corrected chi connectivity index (χ1v) is 3.68. The fraction of sp³-hybridized carbons (Fsp3) is 0.100. The number of carbonyl (C=O) groups excluding carboxylic acids is 2. The van der Waals surface area contributed by atoms with E-state index in [1.165, 1.54) is 12.1 Å². The van der Waals surface area contributed by atoms with Crippen molar-refractivity contribution in [1.82, 2.24) is 0 Å². The van der Waals surface area contributed by atoms with Crippen LogP contribution in [-0.2, 0) is 0 Å². The van der Waals surface area contributed by atoms with Crippen LogP contribution >= 0.6 is 0 Å². The molecule has 0 bridgehead atoms. The van der Waals surface area contributed by atoms with Gasteiger partial charge in [-0.2, -0.15) is 5.26 Å². The molecule has 0 atom stereocenters. The van der Waals surface area contributed by atoms with E-state index in [1.807, 2.05) is 6.07 Å². The molecule has 0 N–H and O–H groups in total. The van der Waals surface area contributed by atoms with Crippen LogP contribution in [0.2, 0.25) is 0 Å². The van der Waals surface area contributed by atoms with Crippen LogP contribution < -0.4 is 0 Å². The first-order chi connectivity index (χ1) is 6.22. The van der Waals surface area contributed by atoms with Gasteiger partial charge in [0.1, 0.15) is 6.29 Å². The number of hydrogen-bond acceptors (Lipinski definition) is 3. The number of aryl methyl sites for hydroxylation is 1. The molecule has 3 nitrogen and oxygen atoms in total. The van der Waals surface area contributed by atoms with Crippen molar-refractivity contribution in [2.24, 2.45) is 0 Å². The summed E-state index contributed by atoms with van der Waals surface area (Å²) >= 11 is 0. The lowest BCUT2D eigenvalue weighted by Gasteiger charge is -2.00. The van der Waals surface area contributed by atoms with Crippen LogP contribution in [0.15, 0.2) is 12.1 Å². The maximum Gasteiger partial charge on any atom is 0.151 e. The molecular weight excluding hydrogens is 166 g/mol. The fourth-order valence-corrected chi connectivity index (χ4v) is 1.06. The molecule has 1 aromatic rings. The number of carbonyl (C=O) groups is 2. The monoisotopic (exact) mass is 173 g/mol. The van der Waals surface area contributed by atoms with Gasteiger partial charge >= 0.3 is 0 Å². The Morgan fingerprint density at radius 3 is 2.31 bits per heavy atom. The highest BCUT2D eigenvalue weighted by molar-refractivity contribution is 5.86. The number of benzene rings is 1. The van der Waals surface area contributed by atoms with E-state index < -0.39 is 0 Å². The Hall–Kier alpha value is -1.95. The molecule has 0 amide bonds. The SMILES string of the molecule is Cc1cc(C#N)c(C=O)cc1C=O. The highest BCUT2D eigenvalue weighted by Gasteiger charge is 2.05. The molecule has 0 radical (unpaired) electrons. The molecule has 64 valence electrons. The van der Waals surface area contributed by atoms with Gasteiger partial charge in [0.25, 0.3) is 0 Å². The van der Waals surface area contributed by atoms with Crippen LogP contribution in [0.5, 0.6) is 0 Å².